The van der Waals surface area contributed by atoms with Crippen LogP contribution >= 0.6 is 24.8 Å². The number of amides is 1. The molecule has 1 heterocycles. The fraction of sp³-hybridized carbons (Fsp3) is 0.632. The van der Waals surface area contributed by atoms with Gasteiger partial charge in [0.25, 0.3) is 0 Å². The van der Waals surface area contributed by atoms with Crippen LogP contribution in [0.25, 0.3) is 0 Å². The number of rotatable bonds is 6. The van der Waals surface area contributed by atoms with Crippen molar-refractivity contribution < 1.29 is 9.53 Å². The zero-order valence-electron chi connectivity index (χ0n) is 16.1. The number of hydrogen-bond donors (Lipinski definition) is 2. The van der Waals surface area contributed by atoms with Gasteiger partial charge in [0.2, 0.25) is 5.91 Å². The van der Waals surface area contributed by atoms with Gasteiger partial charge in [-0.2, -0.15) is 0 Å². The molecule has 1 aliphatic rings. The number of nitrogen functional groups attached to an aromatic ring is 1. The number of ether oxygens (including phenoxy) is 1. The van der Waals surface area contributed by atoms with Crippen LogP contribution in [0, 0.1) is 5.92 Å². The number of benzene rings is 1. The predicted octanol–water partition coefficient (Wildman–Crippen LogP) is 2.90. The number of morpholine rings is 1. The van der Waals surface area contributed by atoms with Crippen molar-refractivity contribution in [2.75, 3.05) is 25.4 Å². The van der Waals surface area contributed by atoms with E-state index in [1.807, 2.05) is 24.3 Å². The molecule has 0 aromatic heterocycles. The summed E-state index contributed by atoms with van der Waals surface area (Å²) in [6.07, 6.45) is 1.14. The minimum Gasteiger partial charge on any atom is -0.399 e. The van der Waals surface area contributed by atoms with Crippen LogP contribution in [0.15, 0.2) is 24.3 Å². The van der Waals surface area contributed by atoms with E-state index in [2.05, 4.69) is 37.9 Å². The smallest absolute Gasteiger partial charge is 0.237 e. The van der Waals surface area contributed by atoms with Crippen molar-refractivity contribution in [2.24, 2.45) is 5.92 Å². The fourth-order valence-corrected chi connectivity index (χ4v) is 3.45. The maximum atomic E-state index is 12.7. The topological polar surface area (TPSA) is 67.6 Å². The first-order valence-electron chi connectivity index (χ1n) is 8.88. The Labute approximate surface area is 169 Å². The van der Waals surface area contributed by atoms with Gasteiger partial charge in [0.05, 0.1) is 18.2 Å². The third kappa shape index (κ3) is 7.31. The van der Waals surface area contributed by atoms with Crippen LogP contribution in [0.1, 0.15) is 33.3 Å². The standard InChI is InChI=1S/C19H31N3O2.2ClH/c1-13(2)18(22-11-14(3)24-15(4)12-22)19(23)21-10-9-16-5-7-17(20)8-6-16;;/h5-8,13-15,18H,9-12,20H2,1-4H3,(H,21,23);2*1H. The van der Waals surface area contributed by atoms with Gasteiger partial charge >= 0.3 is 0 Å². The molecule has 1 aromatic rings. The average Bonchev–Trinajstić information content (AvgIpc) is 2.48. The lowest BCUT2D eigenvalue weighted by atomic mass is 9.99. The minimum absolute atomic E-state index is 0. The second-order valence-corrected chi connectivity index (χ2v) is 7.18. The molecule has 0 spiro atoms. The lowest BCUT2D eigenvalue weighted by Gasteiger charge is -2.41. The molecular weight excluding hydrogens is 373 g/mol. The first-order chi connectivity index (χ1) is 11.4. The van der Waals surface area contributed by atoms with E-state index >= 15 is 0 Å². The molecule has 1 amide bonds. The highest BCUT2D eigenvalue weighted by molar-refractivity contribution is 5.85. The Kier molecular flexibility index (Phi) is 11.2. The normalized spacial score (nSPS) is 21.4. The molecule has 1 aromatic carbocycles. The first kappa shape index (κ1) is 25.0. The summed E-state index contributed by atoms with van der Waals surface area (Å²) in [5.74, 6) is 0.376. The minimum atomic E-state index is -0.106. The molecule has 3 N–H and O–H groups in total. The summed E-state index contributed by atoms with van der Waals surface area (Å²) in [6.45, 7) is 10.6. The molecule has 1 fully saturated rings. The Morgan fingerprint density at radius 3 is 2.23 bits per heavy atom. The maximum absolute atomic E-state index is 12.7. The third-order valence-electron chi connectivity index (χ3n) is 4.43. The summed E-state index contributed by atoms with van der Waals surface area (Å²) in [4.78, 5) is 15.0. The lowest BCUT2D eigenvalue weighted by molar-refractivity contribution is -0.135. The van der Waals surface area contributed by atoms with E-state index in [0.717, 1.165) is 25.2 Å². The average molecular weight is 406 g/mol. The zero-order valence-corrected chi connectivity index (χ0v) is 17.7. The van der Waals surface area contributed by atoms with Crippen molar-refractivity contribution >= 4 is 36.4 Å². The van der Waals surface area contributed by atoms with E-state index in [1.165, 1.54) is 5.56 Å². The summed E-state index contributed by atoms with van der Waals surface area (Å²) in [5, 5.41) is 3.10. The van der Waals surface area contributed by atoms with E-state index in [1.54, 1.807) is 0 Å². The van der Waals surface area contributed by atoms with Crippen molar-refractivity contribution in [3.05, 3.63) is 29.8 Å². The Morgan fingerprint density at radius 2 is 1.73 bits per heavy atom. The molecular formula is C19H33Cl2N3O2. The maximum Gasteiger partial charge on any atom is 0.237 e. The number of hydrogen-bond acceptors (Lipinski definition) is 4. The van der Waals surface area contributed by atoms with Crippen LogP contribution in [0.3, 0.4) is 0 Å². The van der Waals surface area contributed by atoms with Gasteiger partial charge in [-0.1, -0.05) is 26.0 Å². The van der Waals surface area contributed by atoms with E-state index in [4.69, 9.17) is 10.5 Å². The second-order valence-electron chi connectivity index (χ2n) is 7.18. The van der Waals surface area contributed by atoms with Crippen LogP contribution in [0.2, 0.25) is 0 Å². The molecule has 7 heteroatoms. The van der Waals surface area contributed by atoms with Gasteiger partial charge in [-0.3, -0.25) is 9.69 Å². The number of anilines is 1. The Hall–Kier alpha value is -1.01. The molecule has 3 atom stereocenters. The molecule has 0 saturated carbocycles. The highest BCUT2D eigenvalue weighted by atomic mass is 35.5. The highest BCUT2D eigenvalue weighted by Gasteiger charge is 2.33. The van der Waals surface area contributed by atoms with E-state index in [9.17, 15) is 4.79 Å². The number of nitrogens with zero attached hydrogens (tertiary/aromatic N) is 1. The quantitative estimate of drug-likeness (QED) is 0.713. The molecule has 2 rings (SSSR count). The molecule has 0 radical (unpaired) electrons. The summed E-state index contributed by atoms with van der Waals surface area (Å²) >= 11 is 0. The van der Waals surface area contributed by atoms with Crippen molar-refractivity contribution in [1.29, 1.82) is 0 Å². The van der Waals surface area contributed by atoms with Gasteiger partial charge < -0.3 is 15.8 Å². The third-order valence-corrected chi connectivity index (χ3v) is 4.43. The van der Waals surface area contributed by atoms with E-state index in [-0.39, 0.29) is 54.9 Å². The number of carbonyl (C=O) groups is 1. The number of halogens is 2. The zero-order chi connectivity index (χ0) is 17.7. The van der Waals surface area contributed by atoms with Crippen molar-refractivity contribution in [3.8, 4) is 0 Å². The van der Waals surface area contributed by atoms with Gasteiger partial charge in [-0.15, -0.1) is 24.8 Å². The predicted molar refractivity (Wildman–Crippen MR) is 112 cm³/mol. The van der Waals surface area contributed by atoms with E-state index in [0.29, 0.717) is 6.54 Å². The lowest BCUT2D eigenvalue weighted by Crippen LogP contribution is -2.57. The molecule has 0 bridgehead atoms. The van der Waals surface area contributed by atoms with Crippen LogP contribution in [-0.2, 0) is 16.0 Å². The van der Waals surface area contributed by atoms with Gasteiger partial charge in [-0.05, 0) is 43.9 Å². The van der Waals surface area contributed by atoms with Gasteiger partial charge in [0.1, 0.15) is 0 Å². The molecule has 150 valence electrons. The summed E-state index contributed by atoms with van der Waals surface area (Å²) in [6, 6.07) is 7.69. The summed E-state index contributed by atoms with van der Waals surface area (Å²) < 4.78 is 5.79. The molecule has 0 aliphatic carbocycles. The summed E-state index contributed by atoms with van der Waals surface area (Å²) in [7, 11) is 0. The molecule has 26 heavy (non-hydrogen) atoms. The first-order valence-corrected chi connectivity index (χ1v) is 8.88. The number of nitrogens with two attached hydrogens (primary N) is 1. The van der Waals surface area contributed by atoms with E-state index < -0.39 is 0 Å². The molecule has 3 unspecified atom stereocenters. The van der Waals surface area contributed by atoms with Gasteiger partial charge in [0.15, 0.2) is 0 Å². The van der Waals surface area contributed by atoms with Crippen LogP contribution in [0.5, 0.6) is 0 Å². The van der Waals surface area contributed by atoms with Crippen molar-refractivity contribution in [2.45, 2.75) is 52.4 Å². The fourth-order valence-electron chi connectivity index (χ4n) is 3.45. The number of nitrogens with one attached hydrogen (secondary N) is 1. The molecule has 5 nitrogen and oxygen atoms in total. The second kappa shape index (κ2) is 11.7. The molecule has 1 saturated heterocycles. The van der Waals surface area contributed by atoms with Crippen molar-refractivity contribution in [1.82, 2.24) is 10.2 Å². The summed E-state index contributed by atoms with van der Waals surface area (Å²) in [5.41, 5.74) is 7.64. The van der Waals surface area contributed by atoms with Crippen LogP contribution < -0.4 is 11.1 Å². The number of carbonyl (C=O) groups excluding carboxylic acids is 1. The van der Waals surface area contributed by atoms with Gasteiger partial charge in [0, 0.05) is 25.3 Å². The largest absolute Gasteiger partial charge is 0.399 e. The Bertz CT molecular complexity index is 530. The van der Waals surface area contributed by atoms with Crippen molar-refractivity contribution in [3.63, 3.8) is 0 Å². The van der Waals surface area contributed by atoms with Gasteiger partial charge in [-0.25, -0.2) is 0 Å². The van der Waals surface area contributed by atoms with Crippen LogP contribution in [-0.4, -0.2) is 48.7 Å². The monoisotopic (exact) mass is 405 g/mol. The Morgan fingerprint density at radius 1 is 1.19 bits per heavy atom. The highest BCUT2D eigenvalue weighted by Crippen LogP contribution is 2.18. The molecule has 1 aliphatic heterocycles. The Balaban J connectivity index is 0.00000312. The SMILES string of the molecule is CC1CN(C(C(=O)NCCc2ccc(N)cc2)C(C)C)CC(C)O1.Cl.Cl. The van der Waals surface area contributed by atoms with Crippen LogP contribution in [0.4, 0.5) is 5.69 Å².